The molecule has 2 N–H and O–H groups in total. The van der Waals surface area contributed by atoms with Crippen LogP contribution in [0.5, 0.6) is 0 Å². The number of rotatable bonds is 6. The number of hydrogen-bond donors (Lipinski definition) is 2. The number of fused-ring (bicyclic) bond motifs is 2. The molecule has 2 aliphatic rings. The normalized spacial score (nSPS) is 15.5. The molecule has 0 bridgehead atoms. The first kappa shape index (κ1) is 48.3. The van der Waals surface area contributed by atoms with E-state index < -0.39 is 23.0 Å². The van der Waals surface area contributed by atoms with Gasteiger partial charge in [0.15, 0.2) is 22.9 Å². The minimum absolute atomic E-state index is 0.0124. The SMILES string of the molecule is CC(C)(O)C#Cc1nc2cc(C(=O)N3CCC(F)(F)CC3)cnc2n1-c1ccc(C#N)cc1.CC(C)(O)CCC#Cc1nc2cc(C(=O)N3CCC(F)(F)CC3)cnc2n1-c1ccc(C#N)cc1. The molecule has 2 aliphatic heterocycles. The highest BCUT2D eigenvalue weighted by molar-refractivity contribution is 5.97. The third-order valence-electron chi connectivity index (χ3n) is 11.1. The fraction of sp³-hybridized carbons (Fsp3) is 0.360. The van der Waals surface area contributed by atoms with Crippen molar-refractivity contribution in [3.8, 4) is 47.2 Å². The lowest BCUT2D eigenvalue weighted by atomic mass is 10.0. The van der Waals surface area contributed by atoms with E-state index in [1.54, 1.807) is 97.5 Å². The molecule has 18 heteroatoms. The summed E-state index contributed by atoms with van der Waals surface area (Å²) in [5.41, 5.74) is 2.52. The van der Waals surface area contributed by atoms with Gasteiger partial charge in [-0.2, -0.15) is 10.5 Å². The highest BCUT2D eigenvalue weighted by Gasteiger charge is 2.37. The highest BCUT2D eigenvalue weighted by Crippen LogP contribution is 2.31. The van der Waals surface area contributed by atoms with Crippen molar-refractivity contribution in [2.75, 3.05) is 26.2 Å². The molecule has 2 fully saturated rings. The van der Waals surface area contributed by atoms with Crippen LogP contribution in [-0.4, -0.2) is 110 Å². The van der Waals surface area contributed by atoms with Crippen molar-refractivity contribution >= 4 is 34.1 Å². The Hall–Kier alpha value is -7.64. The van der Waals surface area contributed by atoms with E-state index >= 15 is 0 Å². The van der Waals surface area contributed by atoms with Crippen LogP contribution in [0, 0.1) is 46.3 Å². The summed E-state index contributed by atoms with van der Waals surface area (Å²) in [7, 11) is 0. The number of amides is 2. The van der Waals surface area contributed by atoms with Gasteiger partial charge in [0.2, 0.25) is 0 Å². The van der Waals surface area contributed by atoms with Gasteiger partial charge in [-0.15, -0.1) is 0 Å². The van der Waals surface area contributed by atoms with E-state index in [2.05, 4.69) is 55.8 Å². The van der Waals surface area contributed by atoms with Crippen LogP contribution >= 0.6 is 0 Å². The number of aliphatic hydroxyl groups is 2. The quantitative estimate of drug-likeness (QED) is 0.126. The zero-order valence-electron chi connectivity index (χ0n) is 37.7. The second-order valence-corrected chi connectivity index (χ2v) is 17.7. The lowest BCUT2D eigenvalue weighted by Gasteiger charge is -2.31. The maximum Gasteiger partial charge on any atom is 0.255 e. The Bertz CT molecular complexity index is 3080. The smallest absolute Gasteiger partial charge is 0.255 e. The molecule has 2 amide bonds. The van der Waals surface area contributed by atoms with Crippen LogP contribution in [0.2, 0.25) is 0 Å². The number of nitriles is 2. The van der Waals surface area contributed by atoms with Crippen molar-refractivity contribution < 1.29 is 37.4 Å². The maximum absolute atomic E-state index is 13.5. The van der Waals surface area contributed by atoms with E-state index in [9.17, 15) is 37.4 Å². The van der Waals surface area contributed by atoms with Crippen molar-refractivity contribution in [3.05, 3.63) is 107 Å². The van der Waals surface area contributed by atoms with E-state index in [1.165, 1.54) is 22.2 Å². The molecule has 6 heterocycles. The van der Waals surface area contributed by atoms with Gasteiger partial charge in [-0.25, -0.2) is 37.5 Å². The second-order valence-electron chi connectivity index (χ2n) is 17.7. The van der Waals surface area contributed by atoms with Gasteiger partial charge in [0.1, 0.15) is 16.6 Å². The first-order chi connectivity index (χ1) is 32.1. The first-order valence-electron chi connectivity index (χ1n) is 21.7. The van der Waals surface area contributed by atoms with E-state index in [0.29, 0.717) is 69.3 Å². The van der Waals surface area contributed by atoms with Crippen LogP contribution in [0.25, 0.3) is 33.7 Å². The second kappa shape index (κ2) is 19.3. The van der Waals surface area contributed by atoms with Crippen LogP contribution in [-0.2, 0) is 0 Å². The molecular weight excluding hydrogens is 881 g/mol. The number of aromatic nitrogens is 6. The van der Waals surface area contributed by atoms with E-state index in [1.807, 2.05) is 0 Å². The summed E-state index contributed by atoms with van der Waals surface area (Å²) in [5.74, 6) is 6.12. The van der Waals surface area contributed by atoms with Crippen molar-refractivity contribution in [1.29, 1.82) is 10.5 Å². The highest BCUT2D eigenvalue weighted by atomic mass is 19.3. The summed E-state index contributed by atoms with van der Waals surface area (Å²) < 4.78 is 57.3. The zero-order chi connectivity index (χ0) is 49.0. The number of benzene rings is 2. The van der Waals surface area contributed by atoms with Gasteiger partial charge in [0.05, 0.1) is 40.0 Å². The topological polar surface area (TPSA) is 190 Å². The van der Waals surface area contributed by atoms with Gasteiger partial charge in [0, 0.05) is 82.1 Å². The van der Waals surface area contributed by atoms with Crippen LogP contribution in [0.3, 0.4) is 0 Å². The van der Waals surface area contributed by atoms with Gasteiger partial charge in [0.25, 0.3) is 23.7 Å². The van der Waals surface area contributed by atoms with Crippen LogP contribution in [0.4, 0.5) is 17.6 Å². The van der Waals surface area contributed by atoms with Gasteiger partial charge in [-0.1, -0.05) is 11.8 Å². The third-order valence-corrected chi connectivity index (χ3v) is 11.1. The van der Waals surface area contributed by atoms with E-state index in [0.717, 1.165) is 0 Å². The molecule has 6 aromatic rings. The fourth-order valence-electron chi connectivity index (χ4n) is 7.35. The lowest BCUT2D eigenvalue weighted by molar-refractivity contribution is -0.0503. The van der Waals surface area contributed by atoms with Crippen LogP contribution in [0.1, 0.15) is 110 Å². The molecular formula is C50H46F4N10O4. The minimum atomic E-state index is -2.74. The number of likely N-dealkylation sites (tertiary alicyclic amines) is 2. The molecule has 0 aliphatic carbocycles. The first-order valence-corrected chi connectivity index (χ1v) is 21.7. The minimum Gasteiger partial charge on any atom is -0.390 e. The zero-order valence-corrected chi connectivity index (χ0v) is 37.7. The molecule has 14 nitrogen and oxygen atoms in total. The monoisotopic (exact) mass is 926 g/mol. The lowest BCUT2D eigenvalue weighted by Crippen LogP contribution is -2.42. The summed E-state index contributed by atoms with van der Waals surface area (Å²) in [5, 5.41) is 38.1. The average Bonchev–Trinajstić information content (AvgIpc) is 3.86. The number of carbonyl (C=O) groups excluding carboxylic acids is 2. The molecule has 0 unspecified atom stereocenters. The van der Waals surface area contributed by atoms with Crippen LogP contribution < -0.4 is 0 Å². The van der Waals surface area contributed by atoms with Crippen molar-refractivity contribution in [2.24, 2.45) is 0 Å². The predicted octanol–water partition coefficient (Wildman–Crippen LogP) is 7.35. The molecule has 0 radical (unpaired) electrons. The standard InChI is InChI=1S/C26H25F2N5O2.C24H21F2N5O2/c1-25(2,35)10-4-3-5-22-31-21-15-19(24(34)32-13-11-26(27,28)12-14-32)17-30-23(21)33(22)20-8-6-18(16-29)7-9-20;1-23(2,33)8-7-20-29-19-13-17(22(32)30-11-9-24(25,26)10-12-30)15-28-21(19)31(20)18-5-3-16(14-27)4-6-18/h6-9,15,17,35H,4,10-14H2,1-2H3;3-6,13,15,33H,9-12H2,1-2H3. The number of imidazole rings is 2. The summed E-state index contributed by atoms with van der Waals surface area (Å²) in [6, 6.07) is 20.9. The number of piperidine rings is 2. The fourth-order valence-corrected chi connectivity index (χ4v) is 7.35. The van der Waals surface area contributed by atoms with Gasteiger partial charge >= 0.3 is 0 Å². The van der Waals surface area contributed by atoms with Crippen molar-refractivity contribution in [2.45, 2.75) is 89.3 Å². The van der Waals surface area contributed by atoms with Crippen molar-refractivity contribution in [1.82, 2.24) is 38.9 Å². The number of alkyl halides is 4. The number of hydrogen-bond acceptors (Lipinski definition) is 10. The Labute approximate surface area is 389 Å². The van der Waals surface area contributed by atoms with Crippen LogP contribution in [0.15, 0.2) is 73.1 Å². The summed E-state index contributed by atoms with van der Waals surface area (Å²) in [4.78, 5) is 46.6. The van der Waals surface area contributed by atoms with E-state index in [4.69, 9.17) is 10.5 Å². The van der Waals surface area contributed by atoms with Crippen molar-refractivity contribution in [3.63, 3.8) is 0 Å². The van der Waals surface area contributed by atoms with Gasteiger partial charge in [-0.3, -0.25) is 18.7 Å². The molecule has 0 spiro atoms. The third kappa shape index (κ3) is 11.7. The number of halogens is 4. The predicted molar refractivity (Wildman–Crippen MR) is 243 cm³/mol. The molecule has 68 heavy (non-hydrogen) atoms. The number of nitrogens with zero attached hydrogens (tertiary/aromatic N) is 10. The molecule has 2 saturated heterocycles. The Balaban J connectivity index is 0.000000202. The Kier molecular flexibility index (Phi) is 13.7. The largest absolute Gasteiger partial charge is 0.390 e. The molecule has 348 valence electrons. The average molecular weight is 927 g/mol. The Morgan fingerprint density at radius 3 is 1.43 bits per heavy atom. The summed E-state index contributed by atoms with van der Waals surface area (Å²) in [6.45, 7) is 6.46. The molecule has 4 aromatic heterocycles. The van der Waals surface area contributed by atoms with E-state index in [-0.39, 0.29) is 74.8 Å². The van der Waals surface area contributed by atoms with Gasteiger partial charge < -0.3 is 20.0 Å². The summed E-state index contributed by atoms with van der Waals surface area (Å²) >= 11 is 0. The molecule has 0 atom stereocenters. The molecule has 0 saturated carbocycles. The maximum atomic E-state index is 13.5. The summed E-state index contributed by atoms with van der Waals surface area (Å²) in [6.07, 6.45) is 2.33. The number of pyridine rings is 2. The number of carbonyl (C=O) groups is 2. The molecule has 8 rings (SSSR count). The Morgan fingerprint density at radius 1 is 0.662 bits per heavy atom. The molecule has 2 aromatic carbocycles. The Morgan fingerprint density at radius 2 is 1.06 bits per heavy atom. The van der Waals surface area contributed by atoms with Gasteiger partial charge in [-0.05, 0) is 107 Å².